The second-order valence-corrected chi connectivity index (χ2v) is 7.11. The minimum absolute atomic E-state index is 0.121. The molecule has 0 unspecified atom stereocenters. The van der Waals surface area contributed by atoms with Crippen LogP contribution in [0.5, 0.6) is 0 Å². The summed E-state index contributed by atoms with van der Waals surface area (Å²) in [6.07, 6.45) is 0. The Morgan fingerprint density at radius 1 is 1.11 bits per heavy atom. The van der Waals surface area contributed by atoms with Crippen LogP contribution in [0.15, 0.2) is 65.7 Å². The molecule has 4 rings (SSSR count). The van der Waals surface area contributed by atoms with Crippen molar-refractivity contribution in [2.45, 2.75) is 6.54 Å². The SMILES string of the molecule is COC(=O)Cn1c(=NC(=O)c2cccc3ccccc23)sc2cc(F)ccc21. The Morgan fingerprint density at radius 2 is 1.89 bits per heavy atom. The molecular weight excluding hydrogens is 379 g/mol. The topological polar surface area (TPSA) is 60.7 Å². The van der Waals surface area contributed by atoms with Crippen LogP contribution in [0.2, 0.25) is 0 Å². The normalized spacial score (nSPS) is 11.9. The fourth-order valence-electron chi connectivity index (χ4n) is 3.04. The van der Waals surface area contributed by atoms with Crippen LogP contribution in [0, 0.1) is 5.82 Å². The number of carbonyl (C=O) groups excluding carboxylic acids is 2. The molecule has 0 spiro atoms. The van der Waals surface area contributed by atoms with E-state index in [1.54, 1.807) is 22.8 Å². The molecule has 0 radical (unpaired) electrons. The number of rotatable bonds is 3. The summed E-state index contributed by atoms with van der Waals surface area (Å²) in [6, 6.07) is 17.2. The third-order valence-corrected chi connectivity index (χ3v) is 5.42. The van der Waals surface area contributed by atoms with Gasteiger partial charge in [0.25, 0.3) is 5.91 Å². The van der Waals surface area contributed by atoms with E-state index in [9.17, 15) is 14.0 Å². The minimum Gasteiger partial charge on any atom is -0.468 e. The van der Waals surface area contributed by atoms with Gasteiger partial charge >= 0.3 is 5.97 Å². The van der Waals surface area contributed by atoms with Crippen molar-refractivity contribution >= 4 is 44.2 Å². The predicted octanol–water partition coefficient (Wildman–Crippen LogP) is 3.91. The fraction of sp³-hybridized carbons (Fsp3) is 0.0952. The van der Waals surface area contributed by atoms with Crippen LogP contribution >= 0.6 is 11.3 Å². The molecule has 0 aliphatic carbocycles. The van der Waals surface area contributed by atoms with Crippen molar-refractivity contribution in [3.8, 4) is 0 Å². The number of carbonyl (C=O) groups is 2. The van der Waals surface area contributed by atoms with E-state index in [1.807, 2.05) is 30.3 Å². The van der Waals surface area contributed by atoms with Crippen molar-refractivity contribution in [3.05, 3.63) is 76.8 Å². The number of fused-ring (bicyclic) bond motifs is 2. The van der Waals surface area contributed by atoms with Crippen molar-refractivity contribution in [3.63, 3.8) is 0 Å². The van der Waals surface area contributed by atoms with E-state index in [0.717, 1.165) is 22.1 Å². The number of ether oxygens (including phenoxy) is 1. The molecule has 7 heteroatoms. The number of nitrogens with zero attached hydrogens (tertiary/aromatic N) is 2. The van der Waals surface area contributed by atoms with Crippen LogP contribution in [0.3, 0.4) is 0 Å². The van der Waals surface area contributed by atoms with Gasteiger partial charge < -0.3 is 9.30 Å². The number of aromatic nitrogens is 1. The largest absolute Gasteiger partial charge is 0.468 e. The molecule has 0 aliphatic heterocycles. The average Bonchev–Trinajstić information content (AvgIpc) is 3.03. The summed E-state index contributed by atoms with van der Waals surface area (Å²) >= 11 is 1.15. The maximum Gasteiger partial charge on any atom is 0.325 e. The first-order valence-electron chi connectivity index (χ1n) is 8.49. The molecule has 1 amide bonds. The van der Waals surface area contributed by atoms with Gasteiger partial charge in [-0.1, -0.05) is 47.7 Å². The first-order chi connectivity index (χ1) is 13.6. The number of benzene rings is 3. The van der Waals surface area contributed by atoms with Gasteiger partial charge in [0.05, 0.1) is 17.3 Å². The Hall–Kier alpha value is -3.32. The first-order valence-corrected chi connectivity index (χ1v) is 9.31. The van der Waals surface area contributed by atoms with Gasteiger partial charge in [0, 0.05) is 5.56 Å². The van der Waals surface area contributed by atoms with E-state index in [-0.39, 0.29) is 6.54 Å². The van der Waals surface area contributed by atoms with Crippen LogP contribution in [0.4, 0.5) is 4.39 Å². The third kappa shape index (κ3) is 3.32. The van der Waals surface area contributed by atoms with E-state index in [0.29, 0.717) is 20.6 Å². The number of esters is 1. The highest BCUT2D eigenvalue weighted by atomic mass is 32.1. The predicted molar refractivity (Wildman–Crippen MR) is 106 cm³/mol. The number of methoxy groups -OCH3 is 1. The maximum absolute atomic E-state index is 13.6. The molecule has 1 aromatic heterocycles. The summed E-state index contributed by atoms with van der Waals surface area (Å²) in [6.45, 7) is -0.121. The Bertz CT molecular complexity index is 1280. The Kier molecular flexibility index (Phi) is 4.75. The molecule has 3 aromatic carbocycles. The summed E-state index contributed by atoms with van der Waals surface area (Å²) in [5.74, 6) is -1.31. The summed E-state index contributed by atoms with van der Waals surface area (Å²) < 4.78 is 20.5. The number of amides is 1. The van der Waals surface area contributed by atoms with Crippen LogP contribution in [-0.4, -0.2) is 23.6 Å². The molecule has 0 atom stereocenters. The van der Waals surface area contributed by atoms with Gasteiger partial charge in [-0.15, -0.1) is 0 Å². The van der Waals surface area contributed by atoms with Crippen LogP contribution in [0.25, 0.3) is 21.0 Å². The summed E-state index contributed by atoms with van der Waals surface area (Å²) in [5.41, 5.74) is 1.08. The van der Waals surface area contributed by atoms with Gasteiger partial charge in [-0.25, -0.2) is 4.39 Å². The lowest BCUT2D eigenvalue weighted by molar-refractivity contribution is -0.141. The molecule has 0 saturated heterocycles. The zero-order chi connectivity index (χ0) is 19.7. The number of halogens is 1. The Balaban J connectivity index is 1.89. The van der Waals surface area contributed by atoms with Crippen molar-refractivity contribution < 1.29 is 18.7 Å². The second-order valence-electron chi connectivity index (χ2n) is 6.10. The molecule has 0 saturated carbocycles. The van der Waals surface area contributed by atoms with E-state index in [4.69, 9.17) is 4.74 Å². The lowest BCUT2D eigenvalue weighted by Crippen LogP contribution is -2.22. The molecule has 4 aromatic rings. The molecule has 0 N–H and O–H groups in total. The monoisotopic (exact) mass is 394 g/mol. The number of thiazole rings is 1. The Labute approximate surface area is 163 Å². The van der Waals surface area contributed by atoms with Crippen molar-refractivity contribution in [1.29, 1.82) is 0 Å². The van der Waals surface area contributed by atoms with Gasteiger partial charge in [-0.3, -0.25) is 9.59 Å². The zero-order valence-corrected chi connectivity index (χ0v) is 15.7. The molecule has 1 heterocycles. The molecule has 140 valence electrons. The van der Waals surface area contributed by atoms with Gasteiger partial charge in [-0.05, 0) is 35.0 Å². The molecule has 28 heavy (non-hydrogen) atoms. The van der Waals surface area contributed by atoms with Gasteiger partial charge in [0.15, 0.2) is 4.80 Å². The zero-order valence-electron chi connectivity index (χ0n) is 14.9. The van der Waals surface area contributed by atoms with E-state index in [1.165, 1.54) is 19.2 Å². The summed E-state index contributed by atoms with van der Waals surface area (Å²) in [4.78, 5) is 29.3. The first kappa shape index (κ1) is 18.1. The van der Waals surface area contributed by atoms with Crippen LogP contribution in [-0.2, 0) is 16.1 Å². The highest BCUT2D eigenvalue weighted by Gasteiger charge is 2.14. The molecule has 0 fully saturated rings. The number of hydrogen-bond acceptors (Lipinski definition) is 4. The van der Waals surface area contributed by atoms with Crippen molar-refractivity contribution in [2.24, 2.45) is 4.99 Å². The highest BCUT2D eigenvalue weighted by molar-refractivity contribution is 7.16. The van der Waals surface area contributed by atoms with Crippen molar-refractivity contribution in [1.82, 2.24) is 4.57 Å². The highest BCUT2D eigenvalue weighted by Crippen LogP contribution is 2.21. The number of hydrogen-bond donors (Lipinski definition) is 0. The van der Waals surface area contributed by atoms with Crippen LogP contribution in [0.1, 0.15) is 10.4 Å². The van der Waals surface area contributed by atoms with Crippen molar-refractivity contribution in [2.75, 3.05) is 7.11 Å². The maximum atomic E-state index is 13.6. The van der Waals surface area contributed by atoms with E-state index in [2.05, 4.69) is 4.99 Å². The van der Waals surface area contributed by atoms with E-state index >= 15 is 0 Å². The summed E-state index contributed by atoms with van der Waals surface area (Å²) in [5, 5.41) is 1.73. The lowest BCUT2D eigenvalue weighted by atomic mass is 10.0. The molecule has 0 bridgehead atoms. The molecule has 5 nitrogen and oxygen atoms in total. The minimum atomic E-state index is -0.483. The van der Waals surface area contributed by atoms with Gasteiger partial charge in [0.2, 0.25) is 0 Å². The quantitative estimate of drug-likeness (QED) is 0.495. The standard InChI is InChI=1S/C21H15FN2O3S/c1-27-19(25)12-24-17-10-9-14(22)11-18(17)28-21(24)23-20(26)16-8-4-6-13-5-2-3-7-15(13)16/h2-11H,12H2,1H3. The summed E-state index contributed by atoms with van der Waals surface area (Å²) in [7, 11) is 1.29. The molecule has 0 aliphatic rings. The third-order valence-electron chi connectivity index (χ3n) is 4.38. The second kappa shape index (κ2) is 7.36. The van der Waals surface area contributed by atoms with Crippen LogP contribution < -0.4 is 4.80 Å². The smallest absolute Gasteiger partial charge is 0.325 e. The fourth-order valence-corrected chi connectivity index (χ4v) is 4.09. The average molecular weight is 394 g/mol. The van der Waals surface area contributed by atoms with Gasteiger partial charge in [-0.2, -0.15) is 4.99 Å². The van der Waals surface area contributed by atoms with Gasteiger partial charge in [0.1, 0.15) is 12.4 Å². The van der Waals surface area contributed by atoms with E-state index < -0.39 is 17.7 Å². The lowest BCUT2D eigenvalue weighted by Gasteiger charge is -2.04. The molecular formula is C21H15FN2O3S. The Morgan fingerprint density at radius 3 is 2.71 bits per heavy atom.